The maximum atomic E-state index is 6.02. The van der Waals surface area contributed by atoms with Crippen LogP contribution in [0.25, 0.3) is 0 Å². The van der Waals surface area contributed by atoms with Gasteiger partial charge < -0.3 is 9.64 Å². The number of aromatic nitrogens is 2. The largest absolute Gasteiger partial charge is 0.378 e. The van der Waals surface area contributed by atoms with Crippen molar-refractivity contribution in [2.75, 3.05) is 31.2 Å². The van der Waals surface area contributed by atoms with Crippen molar-refractivity contribution in [3.8, 4) is 0 Å². The van der Waals surface area contributed by atoms with Gasteiger partial charge in [-0.1, -0.05) is 11.6 Å². The highest BCUT2D eigenvalue weighted by molar-refractivity contribution is 14.1. The smallest absolute Gasteiger partial charge is 0.227 e. The van der Waals surface area contributed by atoms with Crippen molar-refractivity contribution in [3.05, 3.63) is 14.4 Å². The fourth-order valence-corrected chi connectivity index (χ4v) is 1.87. The van der Waals surface area contributed by atoms with Gasteiger partial charge in [-0.2, -0.15) is 4.98 Å². The van der Waals surface area contributed by atoms with Crippen LogP contribution in [0.4, 0.5) is 5.95 Å². The molecule has 0 aliphatic carbocycles. The first-order chi connectivity index (χ1) is 7.18. The summed E-state index contributed by atoms with van der Waals surface area (Å²) in [4.78, 5) is 10.8. The van der Waals surface area contributed by atoms with E-state index in [4.69, 9.17) is 16.3 Å². The normalized spacial score (nSPS) is 16.9. The van der Waals surface area contributed by atoms with E-state index in [0.29, 0.717) is 11.1 Å². The predicted molar refractivity (Wildman–Crippen MR) is 67.5 cm³/mol. The minimum absolute atomic E-state index is 0.532. The van der Waals surface area contributed by atoms with Gasteiger partial charge >= 0.3 is 0 Å². The number of hydrogen-bond donors (Lipinski definition) is 0. The van der Waals surface area contributed by atoms with Gasteiger partial charge in [0.1, 0.15) is 5.15 Å². The van der Waals surface area contributed by atoms with E-state index in [2.05, 4.69) is 37.5 Å². The highest BCUT2D eigenvalue weighted by atomic mass is 127. The summed E-state index contributed by atoms with van der Waals surface area (Å²) in [6.07, 6.45) is 0. The Hall–Kier alpha value is -0.140. The maximum absolute atomic E-state index is 6.02. The lowest BCUT2D eigenvalue weighted by atomic mass is 10.4. The second-order valence-corrected chi connectivity index (χ2v) is 4.75. The summed E-state index contributed by atoms with van der Waals surface area (Å²) in [5, 5.41) is 0.532. The Bertz CT molecular complexity index is 345. The summed E-state index contributed by atoms with van der Waals surface area (Å²) in [7, 11) is 0. The van der Waals surface area contributed by atoms with Gasteiger partial charge in [-0.3, -0.25) is 0 Å². The Kier molecular flexibility index (Phi) is 3.63. The molecular weight excluding hydrogens is 328 g/mol. The zero-order chi connectivity index (χ0) is 10.8. The minimum Gasteiger partial charge on any atom is -0.378 e. The van der Waals surface area contributed by atoms with E-state index in [9.17, 15) is 0 Å². The molecule has 0 spiro atoms. The summed E-state index contributed by atoms with van der Waals surface area (Å²) < 4.78 is 6.20. The molecule has 0 aromatic carbocycles. The fourth-order valence-electron chi connectivity index (χ4n) is 1.42. The number of nitrogens with zero attached hydrogens (tertiary/aromatic N) is 3. The van der Waals surface area contributed by atoms with Crippen molar-refractivity contribution < 1.29 is 4.74 Å². The molecule has 0 amide bonds. The van der Waals surface area contributed by atoms with E-state index in [1.807, 2.05) is 6.92 Å². The minimum atomic E-state index is 0.532. The number of hydrogen-bond acceptors (Lipinski definition) is 4. The van der Waals surface area contributed by atoms with Crippen LogP contribution in [0.1, 0.15) is 5.69 Å². The molecule has 1 aliphatic rings. The van der Waals surface area contributed by atoms with Gasteiger partial charge in [0.25, 0.3) is 0 Å². The molecule has 0 saturated carbocycles. The van der Waals surface area contributed by atoms with Gasteiger partial charge in [0.15, 0.2) is 0 Å². The standard InChI is InChI=1S/C9H11ClIN3O/c1-6-7(11)8(10)13-9(12-6)14-2-4-15-5-3-14/h2-5H2,1H3. The fraction of sp³-hybridized carbons (Fsp3) is 0.556. The van der Waals surface area contributed by atoms with Gasteiger partial charge in [-0.15, -0.1) is 0 Å². The molecule has 1 aromatic heterocycles. The van der Waals surface area contributed by atoms with Crippen molar-refractivity contribution in [3.63, 3.8) is 0 Å². The third kappa shape index (κ3) is 2.51. The first kappa shape index (κ1) is 11.3. The van der Waals surface area contributed by atoms with Crippen LogP contribution in [0, 0.1) is 10.5 Å². The summed E-state index contributed by atoms with van der Waals surface area (Å²) in [6.45, 7) is 5.06. The zero-order valence-electron chi connectivity index (χ0n) is 8.33. The van der Waals surface area contributed by atoms with Gasteiger partial charge in [0.2, 0.25) is 5.95 Å². The van der Waals surface area contributed by atoms with Crippen LogP contribution in [-0.4, -0.2) is 36.3 Å². The Balaban J connectivity index is 2.27. The summed E-state index contributed by atoms with van der Waals surface area (Å²) in [5.74, 6) is 0.709. The van der Waals surface area contributed by atoms with Crippen LogP contribution in [0.5, 0.6) is 0 Å². The second kappa shape index (κ2) is 4.80. The molecule has 0 unspecified atom stereocenters. The molecule has 2 heterocycles. The Labute approximate surface area is 107 Å². The molecule has 0 bridgehead atoms. The van der Waals surface area contributed by atoms with Crippen LogP contribution in [-0.2, 0) is 4.74 Å². The Morgan fingerprint density at radius 2 is 2.00 bits per heavy atom. The number of anilines is 1. The van der Waals surface area contributed by atoms with Crippen molar-refractivity contribution >= 4 is 40.1 Å². The van der Waals surface area contributed by atoms with Gasteiger partial charge in [0, 0.05) is 13.1 Å². The SMILES string of the molecule is Cc1nc(N2CCOCC2)nc(Cl)c1I. The van der Waals surface area contributed by atoms with E-state index < -0.39 is 0 Å². The topological polar surface area (TPSA) is 38.2 Å². The molecule has 1 aliphatic heterocycles. The summed E-state index contributed by atoms with van der Waals surface area (Å²) >= 11 is 8.18. The van der Waals surface area contributed by atoms with E-state index in [-0.39, 0.29) is 0 Å². The van der Waals surface area contributed by atoms with Gasteiger partial charge in [0.05, 0.1) is 22.5 Å². The quantitative estimate of drug-likeness (QED) is 0.578. The van der Waals surface area contributed by atoms with Crippen molar-refractivity contribution in [2.45, 2.75) is 6.92 Å². The Morgan fingerprint density at radius 3 is 2.60 bits per heavy atom. The number of halogens is 2. The van der Waals surface area contributed by atoms with Crippen molar-refractivity contribution in [2.24, 2.45) is 0 Å². The van der Waals surface area contributed by atoms with E-state index in [1.54, 1.807) is 0 Å². The summed E-state index contributed by atoms with van der Waals surface area (Å²) in [6, 6.07) is 0. The molecule has 82 valence electrons. The van der Waals surface area contributed by atoms with E-state index in [0.717, 1.165) is 35.6 Å². The average Bonchev–Trinajstić information content (AvgIpc) is 2.26. The maximum Gasteiger partial charge on any atom is 0.227 e. The highest BCUT2D eigenvalue weighted by Gasteiger charge is 2.16. The highest BCUT2D eigenvalue weighted by Crippen LogP contribution is 2.22. The number of ether oxygens (including phenoxy) is 1. The third-order valence-electron chi connectivity index (χ3n) is 2.26. The lowest BCUT2D eigenvalue weighted by Gasteiger charge is -2.27. The first-order valence-corrected chi connectivity index (χ1v) is 6.16. The number of rotatable bonds is 1. The molecule has 1 saturated heterocycles. The second-order valence-electron chi connectivity index (χ2n) is 3.31. The summed E-state index contributed by atoms with van der Waals surface area (Å²) in [5.41, 5.74) is 0.928. The first-order valence-electron chi connectivity index (χ1n) is 4.71. The molecule has 4 nitrogen and oxygen atoms in total. The van der Waals surface area contributed by atoms with Crippen LogP contribution in [0.15, 0.2) is 0 Å². The van der Waals surface area contributed by atoms with Gasteiger partial charge in [-0.05, 0) is 29.5 Å². The molecule has 0 N–H and O–H groups in total. The lowest BCUT2D eigenvalue weighted by molar-refractivity contribution is 0.122. The molecule has 6 heteroatoms. The molecule has 0 atom stereocenters. The monoisotopic (exact) mass is 339 g/mol. The van der Waals surface area contributed by atoms with Crippen molar-refractivity contribution in [1.29, 1.82) is 0 Å². The Morgan fingerprint density at radius 1 is 1.33 bits per heavy atom. The van der Waals surface area contributed by atoms with Crippen LogP contribution in [0.2, 0.25) is 5.15 Å². The van der Waals surface area contributed by atoms with E-state index in [1.165, 1.54) is 0 Å². The predicted octanol–water partition coefficient (Wildman–Crippen LogP) is 1.88. The molecule has 2 rings (SSSR count). The van der Waals surface area contributed by atoms with Crippen molar-refractivity contribution in [1.82, 2.24) is 9.97 Å². The number of aryl methyl sites for hydroxylation is 1. The lowest BCUT2D eigenvalue weighted by Crippen LogP contribution is -2.37. The average molecular weight is 340 g/mol. The van der Waals surface area contributed by atoms with E-state index >= 15 is 0 Å². The zero-order valence-corrected chi connectivity index (χ0v) is 11.2. The van der Waals surface area contributed by atoms with Crippen LogP contribution in [0.3, 0.4) is 0 Å². The van der Waals surface area contributed by atoms with Gasteiger partial charge in [-0.25, -0.2) is 4.98 Å². The molecule has 0 radical (unpaired) electrons. The molecule has 1 aromatic rings. The third-order valence-corrected chi connectivity index (χ3v) is 4.14. The molecular formula is C9H11ClIN3O. The van der Waals surface area contributed by atoms with Crippen LogP contribution < -0.4 is 4.90 Å². The molecule has 15 heavy (non-hydrogen) atoms. The van der Waals surface area contributed by atoms with Crippen LogP contribution >= 0.6 is 34.2 Å². The number of morpholine rings is 1. The molecule has 1 fully saturated rings.